The van der Waals surface area contributed by atoms with Crippen molar-refractivity contribution >= 4 is 24.2 Å². The topological polar surface area (TPSA) is 130 Å². The van der Waals surface area contributed by atoms with Gasteiger partial charge >= 0.3 is 24.2 Å². The number of carbonyl (C=O) groups is 4. The fourth-order valence-corrected chi connectivity index (χ4v) is 8.98. The lowest BCUT2D eigenvalue weighted by Crippen LogP contribution is -2.39. The average molecular weight is 998 g/mol. The van der Waals surface area contributed by atoms with Crippen molar-refractivity contribution in [1.29, 1.82) is 0 Å². The van der Waals surface area contributed by atoms with Crippen LogP contribution in [0.25, 0.3) is 0 Å². The Balaban J connectivity index is 5.07. The molecule has 0 saturated heterocycles. The van der Waals surface area contributed by atoms with E-state index < -0.39 is 12.3 Å². The van der Waals surface area contributed by atoms with E-state index in [0.29, 0.717) is 96.1 Å². The summed E-state index contributed by atoms with van der Waals surface area (Å²) < 4.78 is 34.4. The van der Waals surface area contributed by atoms with Crippen molar-refractivity contribution in [3.05, 3.63) is 0 Å². The summed E-state index contributed by atoms with van der Waals surface area (Å²) in [5.74, 6) is 0.516. The van der Waals surface area contributed by atoms with Crippen LogP contribution in [-0.4, -0.2) is 112 Å². The first-order chi connectivity index (χ1) is 34.1. The van der Waals surface area contributed by atoms with Crippen molar-refractivity contribution in [2.75, 3.05) is 65.7 Å². The normalized spacial score (nSPS) is 12.5. The number of hydrogen-bond acceptors (Lipinski definition) is 12. The maximum atomic E-state index is 13.0. The molecule has 0 aromatic heterocycles. The Morgan fingerprint density at radius 3 is 1.00 bits per heavy atom. The largest absolute Gasteiger partial charge is 0.508 e. The lowest BCUT2D eigenvalue weighted by molar-refractivity contribution is -0.146. The predicted octanol–water partition coefficient (Wildman–Crippen LogP) is 15.6. The van der Waals surface area contributed by atoms with Crippen molar-refractivity contribution in [2.24, 2.45) is 11.8 Å². The van der Waals surface area contributed by atoms with Crippen LogP contribution < -0.4 is 0 Å². The van der Waals surface area contributed by atoms with Crippen LogP contribution in [0.1, 0.15) is 261 Å². The van der Waals surface area contributed by atoms with Crippen molar-refractivity contribution in [1.82, 2.24) is 9.80 Å². The Bertz CT molecular complexity index is 1100. The fourth-order valence-electron chi connectivity index (χ4n) is 8.98. The van der Waals surface area contributed by atoms with E-state index in [2.05, 4.69) is 65.2 Å². The zero-order valence-corrected chi connectivity index (χ0v) is 47.0. The van der Waals surface area contributed by atoms with Crippen molar-refractivity contribution in [3.8, 4) is 0 Å². The summed E-state index contributed by atoms with van der Waals surface area (Å²) in [6.07, 6.45) is 30.2. The fraction of sp³-hybridized carbons (Fsp3) is 0.931. The summed E-state index contributed by atoms with van der Waals surface area (Å²) in [6, 6.07) is 0. The number of carbonyl (C=O) groups excluding carboxylic acids is 4. The van der Waals surface area contributed by atoms with Crippen molar-refractivity contribution in [3.63, 3.8) is 0 Å². The summed E-state index contributed by atoms with van der Waals surface area (Å²) in [5.41, 5.74) is 0. The lowest BCUT2D eigenvalue weighted by Gasteiger charge is -2.26. The molecular weight excluding hydrogens is 885 g/mol. The first-order valence-electron chi connectivity index (χ1n) is 29.5. The third-order valence-electron chi connectivity index (χ3n) is 13.8. The van der Waals surface area contributed by atoms with E-state index in [1.165, 1.54) is 103 Å². The second kappa shape index (κ2) is 50.0. The van der Waals surface area contributed by atoms with Crippen LogP contribution in [0, 0.1) is 11.8 Å². The van der Waals surface area contributed by atoms with Crippen molar-refractivity contribution in [2.45, 2.75) is 273 Å². The van der Waals surface area contributed by atoms with Crippen LogP contribution in [-0.2, 0) is 38.0 Å². The van der Waals surface area contributed by atoms with E-state index in [0.717, 1.165) is 71.0 Å². The molecule has 0 bridgehead atoms. The molecule has 0 fully saturated rings. The Kier molecular flexibility index (Phi) is 48.1. The standard InChI is InChI=1S/C58H112N2O10/c1-9-17-23-27-33-51(34-28-24-18-10-2)49-67-55(61)41-31-39-53(37-21-13-5)69-57(63)65-47-45-60(44-43-59(15-7)16-8)46-48-66-58(64)70-54(38-22-14-6)40-32-42-56(62)68-50-52(35-29-25-19-11-3)36-30-26-20-12-4/h51-54H,9-50H2,1-8H3. The smallest absolute Gasteiger partial charge is 0.465 e. The molecule has 0 spiro atoms. The highest BCUT2D eigenvalue weighted by atomic mass is 16.7. The number of unbranched alkanes of at least 4 members (excludes halogenated alkanes) is 14. The van der Waals surface area contributed by atoms with Gasteiger partial charge in [-0.05, 0) is 89.1 Å². The number of rotatable bonds is 51. The average Bonchev–Trinajstić information content (AvgIpc) is 3.35. The van der Waals surface area contributed by atoms with Gasteiger partial charge < -0.3 is 33.3 Å². The van der Waals surface area contributed by atoms with E-state index in [1.807, 2.05) is 0 Å². The second-order valence-electron chi connectivity index (χ2n) is 20.1. The van der Waals surface area contributed by atoms with Gasteiger partial charge in [0.1, 0.15) is 25.4 Å². The minimum Gasteiger partial charge on any atom is -0.465 e. The quantitative estimate of drug-likeness (QED) is 0.0327. The van der Waals surface area contributed by atoms with Crippen LogP contribution in [0.15, 0.2) is 0 Å². The summed E-state index contributed by atoms with van der Waals surface area (Å²) in [4.78, 5) is 56.0. The van der Waals surface area contributed by atoms with E-state index in [9.17, 15) is 19.2 Å². The molecule has 0 heterocycles. The summed E-state index contributed by atoms with van der Waals surface area (Å²) in [6.45, 7) is 22.9. The van der Waals surface area contributed by atoms with Crippen LogP contribution in [0.4, 0.5) is 9.59 Å². The molecule has 0 N–H and O–H groups in total. The van der Waals surface area contributed by atoms with E-state index >= 15 is 0 Å². The highest BCUT2D eigenvalue weighted by Crippen LogP contribution is 2.22. The summed E-state index contributed by atoms with van der Waals surface area (Å²) in [7, 11) is 0. The van der Waals surface area contributed by atoms with Gasteiger partial charge in [0.15, 0.2) is 0 Å². The van der Waals surface area contributed by atoms with Gasteiger partial charge in [-0.1, -0.05) is 184 Å². The molecule has 0 aliphatic carbocycles. The minimum absolute atomic E-state index is 0.131. The molecule has 0 rings (SSSR count). The Hall–Kier alpha value is -2.60. The third-order valence-corrected chi connectivity index (χ3v) is 13.8. The first-order valence-corrected chi connectivity index (χ1v) is 29.5. The van der Waals surface area contributed by atoms with Crippen molar-refractivity contribution < 1.29 is 47.6 Å². The number of likely N-dealkylation sites (N-methyl/N-ethyl adjacent to an activating group) is 1. The third kappa shape index (κ3) is 42.0. The number of ether oxygens (including phenoxy) is 6. The van der Waals surface area contributed by atoms with E-state index in [-0.39, 0.29) is 37.4 Å². The van der Waals surface area contributed by atoms with E-state index in [1.54, 1.807) is 0 Å². The molecule has 70 heavy (non-hydrogen) atoms. The number of hydrogen-bond donors (Lipinski definition) is 0. The predicted molar refractivity (Wildman–Crippen MR) is 287 cm³/mol. The van der Waals surface area contributed by atoms with Gasteiger partial charge in [0.2, 0.25) is 0 Å². The Labute approximate surface area is 430 Å². The first kappa shape index (κ1) is 67.4. The number of esters is 2. The maximum Gasteiger partial charge on any atom is 0.508 e. The molecule has 0 aromatic rings. The summed E-state index contributed by atoms with van der Waals surface area (Å²) >= 11 is 0. The van der Waals surface area contributed by atoms with Gasteiger partial charge in [-0.15, -0.1) is 0 Å². The van der Waals surface area contributed by atoms with Gasteiger partial charge in [0.05, 0.1) is 13.2 Å². The zero-order valence-electron chi connectivity index (χ0n) is 47.0. The minimum atomic E-state index is -0.702. The van der Waals surface area contributed by atoms with Crippen LogP contribution in [0.2, 0.25) is 0 Å². The molecule has 0 radical (unpaired) electrons. The molecule has 2 atom stereocenters. The van der Waals surface area contributed by atoms with Gasteiger partial charge in [0.25, 0.3) is 0 Å². The molecule has 0 aromatic carbocycles. The molecule has 0 amide bonds. The van der Waals surface area contributed by atoms with Crippen LogP contribution in [0.5, 0.6) is 0 Å². The molecule has 12 heteroatoms. The lowest BCUT2D eigenvalue weighted by atomic mass is 9.95. The highest BCUT2D eigenvalue weighted by molar-refractivity contribution is 5.69. The number of nitrogens with zero attached hydrogens (tertiary/aromatic N) is 2. The Morgan fingerprint density at radius 1 is 0.343 bits per heavy atom. The summed E-state index contributed by atoms with van der Waals surface area (Å²) in [5, 5.41) is 0. The molecule has 0 aliphatic heterocycles. The monoisotopic (exact) mass is 997 g/mol. The van der Waals surface area contributed by atoms with Gasteiger partial charge in [0, 0.05) is 39.0 Å². The van der Waals surface area contributed by atoms with Gasteiger partial charge in [-0.3, -0.25) is 14.5 Å². The van der Waals surface area contributed by atoms with Gasteiger partial charge in [-0.2, -0.15) is 0 Å². The molecule has 12 nitrogen and oxygen atoms in total. The second-order valence-corrected chi connectivity index (χ2v) is 20.1. The molecule has 0 aliphatic rings. The van der Waals surface area contributed by atoms with Crippen LogP contribution >= 0.6 is 0 Å². The van der Waals surface area contributed by atoms with E-state index in [4.69, 9.17) is 28.4 Å². The highest BCUT2D eigenvalue weighted by Gasteiger charge is 2.21. The molecule has 414 valence electrons. The maximum absolute atomic E-state index is 13.0. The molecule has 0 saturated carbocycles. The van der Waals surface area contributed by atoms with Gasteiger partial charge in [-0.25, -0.2) is 9.59 Å². The molecular formula is C58H112N2O10. The molecule has 2 unspecified atom stereocenters. The SMILES string of the molecule is CCCCCCC(CCCCCC)COC(=O)CCCC(CCCC)OC(=O)OCCN(CCOC(=O)OC(CCCC)CCCC(=O)OCC(CCCCCC)CCCCCC)CCN(CC)CC. The van der Waals surface area contributed by atoms with Crippen LogP contribution in [0.3, 0.4) is 0 Å². The Morgan fingerprint density at radius 2 is 0.671 bits per heavy atom. The zero-order chi connectivity index (χ0) is 51.7.